The third-order valence-corrected chi connectivity index (χ3v) is 4.11. The average Bonchev–Trinajstić information content (AvgIpc) is 3.10. The topological polar surface area (TPSA) is 69.3 Å². The summed E-state index contributed by atoms with van der Waals surface area (Å²) in [6.07, 6.45) is 9.53. The number of oxazole rings is 1. The number of hydrogen-bond donors (Lipinski definition) is 1. The maximum absolute atomic E-state index is 6.23. The number of imidazole rings is 1. The summed E-state index contributed by atoms with van der Waals surface area (Å²) in [5.41, 5.74) is 12.3. The van der Waals surface area contributed by atoms with Gasteiger partial charge in [0.25, 0.3) is 0 Å². The summed E-state index contributed by atoms with van der Waals surface area (Å²) in [4.78, 5) is 9.06. The molecule has 0 spiro atoms. The van der Waals surface area contributed by atoms with Gasteiger partial charge in [-0.15, -0.1) is 0 Å². The first-order chi connectivity index (χ1) is 11.3. The van der Waals surface area contributed by atoms with Gasteiger partial charge < -0.3 is 10.2 Å². The van der Waals surface area contributed by atoms with Crippen molar-refractivity contribution in [1.29, 1.82) is 0 Å². The van der Waals surface area contributed by atoms with Gasteiger partial charge in [-0.2, -0.15) is 0 Å². The van der Waals surface area contributed by atoms with Gasteiger partial charge in [-0.05, 0) is 30.3 Å². The zero-order valence-electron chi connectivity index (χ0n) is 12.1. The lowest BCUT2D eigenvalue weighted by molar-refractivity contribution is 0.602. The van der Waals surface area contributed by atoms with Crippen LogP contribution in [0.5, 0.6) is 0 Å². The lowest BCUT2D eigenvalue weighted by atomic mass is 10.1. The van der Waals surface area contributed by atoms with E-state index in [0.29, 0.717) is 5.69 Å². The average molecular weight is 300 g/mol. The van der Waals surface area contributed by atoms with Crippen LogP contribution < -0.4 is 5.73 Å². The van der Waals surface area contributed by atoms with Crippen molar-refractivity contribution in [2.75, 3.05) is 5.73 Å². The molecule has 0 saturated carbocycles. The highest BCUT2D eigenvalue weighted by molar-refractivity contribution is 5.92. The molecule has 1 aromatic carbocycles. The SMILES string of the molecule is Nc1cccn2c(C3=CC=C3)nc(-c3ccc4ocnc4c3)c12. The zero-order chi connectivity index (χ0) is 15.4. The van der Waals surface area contributed by atoms with E-state index in [1.54, 1.807) is 0 Å². The summed E-state index contributed by atoms with van der Waals surface area (Å²) in [5, 5.41) is 0. The van der Waals surface area contributed by atoms with Crippen LogP contribution in [-0.2, 0) is 0 Å². The number of aromatic nitrogens is 3. The van der Waals surface area contributed by atoms with Gasteiger partial charge in [-0.3, -0.25) is 4.40 Å². The molecule has 3 aromatic heterocycles. The van der Waals surface area contributed by atoms with Crippen molar-refractivity contribution < 1.29 is 4.42 Å². The second-order valence-corrected chi connectivity index (χ2v) is 5.48. The van der Waals surface area contributed by atoms with Crippen molar-refractivity contribution in [2.45, 2.75) is 0 Å². The van der Waals surface area contributed by atoms with Crippen LogP contribution in [0.15, 0.2) is 65.6 Å². The van der Waals surface area contributed by atoms with Crippen LogP contribution in [0.2, 0.25) is 0 Å². The maximum atomic E-state index is 6.23. The summed E-state index contributed by atoms with van der Waals surface area (Å²) in [5.74, 6) is 0.894. The monoisotopic (exact) mass is 300 g/mol. The molecule has 1 aliphatic carbocycles. The normalized spacial score (nSPS) is 13.5. The molecule has 0 saturated heterocycles. The number of nitrogens with two attached hydrogens (primary N) is 1. The molecule has 0 amide bonds. The molecule has 0 aliphatic heterocycles. The Morgan fingerprint density at radius 3 is 2.91 bits per heavy atom. The van der Waals surface area contributed by atoms with Crippen molar-refractivity contribution in [3.8, 4) is 11.3 Å². The molecule has 3 heterocycles. The van der Waals surface area contributed by atoms with Crippen molar-refractivity contribution in [3.05, 3.63) is 67.0 Å². The Kier molecular flexibility index (Phi) is 2.30. The van der Waals surface area contributed by atoms with Crippen LogP contribution >= 0.6 is 0 Å². The van der Waals surface area contributed by atoms with E-state index in [0.717, 1.165) is 39.3 Å². The number of pyridine rings is 1. The summed E-state index contributed by atoms with van der Waals surface area (Å²) < 4.78 is 7.34. The Morgan fingerprint density at radius 1 is 1.17 bits per heavy atom. The maximum Gasteiger partial charge on any atom is 0.181 e. The minimum atomic E-state index is 0.699. The molecule has 0 radical (unpaired) electrons. The molecular formula is C18H12N4O. The smallest absolute Gasteiger partial charge is 0.181 e. The summed E-state index contributed by atoms with van der Waals surface area (Å²) in [6, 6.07) is 9.69. The molecule has 5 rings (SSSR count). The van der Waals surface area contributed by atoms with E-state index >= 15 is 0 Å². The third kappa shape index (κ3) is 1.67. The number of benzene rings is 1. The van der Waals surface area contributed by atoms with E-state index in [2.05, 4.69) is 4.98 Å². The minimum absolute atomic E-state index is 0.699. The largest absolute Gasteiger partial charge is 0.443 e. The number of nitrogens with zero attached hydrogens (tertiary/aromatic N) is 3. The van der Waals surface area contributed by atoms with Gasteiger partial charge in [0.2, 0.25) is 0 Å². The van der Waals surface area contributed by atoms with E-state index in [1.165, 1.54) is 6.39 Å². The third-order valence-electron chi connectivity index (χ3n) is 4.11. The zero-order valence-corrected chi connectivity index (χ0v) is 12.1. The predicted octanol–water partition coefficient (Wildman–Crippen LogP) is 3.68. The Morgan fingerprint density at radius 2 is 2.09 bits per heavy atom. The van der Waals surface area contributed by atoms with Crippen molar-refractivity contribution in [3.63, 3.8) is 0 Å². The Labute approximate surface area is 131 Å². The van der Waals surface area contributed by atoms with Crippen molar-refractivity contribution >= 4 is 27.9 Å². The lowest BCUT2D eigenvalue weighted by Gasteiger charge is -2.06. The highest BCUT2D eigenvalue weighted by atomic mass is 16.3. The second kappa shape index (κ2) is 4.33. The van der Waals surface area contributed by atoms with Crippen molar-refractivity contribution in [1.82, 2.24) is 14.4 Å². The fourth-order valence-corrected chi connectivity index (χ4v) is 2.92. The molecule has 110 valence electrons. The summed E-state index contributed by atoms with van der Waals surface area (Å²) >= 11 is 0. The minimum Gasteiger partial charge on any atom is -0.443 e. The molecule has 5 heteroatoms. The number of hydrogen-bond acceptors (Lipinski definition) is 4. The van der Waals surface area contributed by atoms with E-state index < -0.39 is 0 Å². The molecular weight excluding hydrogens is 288 g/mol. The molecule has 23 heavy (non-hydrogen) atoms. The Balaban J connectivity index is 1.83. The fourth-order valence-electron chi connectivity index (χ4n) is 2.92. The molecule has 2 N–H and O–H groups in total. The first-order valence-electron chi connectivity index (χ1n) is 7.30. The number of allylic oxidation sites excluding steroid dienone is 4. The second-order valence-electron chi connectivity index (χ2n) is 5.48. The van der Waals surface area contributed by atoms with Crippen LogP contribution in [-0.4, -0.2) is 14.4 Å². The highest BCUT2D eigenvalue weighted by Crippen LogP contribution is 2.33. The van der Waals surface area contributed by atoms with E-state index in [1.807, 2.05) is 59.2 Å². The Hall–Kier alpha value is -3.34. The van der Waals surface area contributed by atoms with Gasteiger partial charge >= 0.3 is 0 Å². The van der Waals surface area contributed by atoms with Crippen LogP contribution in [0.3, 0.4) is 0 Å². The van der Waals surface area contributed by atoms with Crippen molar-refractivity contribution in [2.24, 2.45) is 0 Å². The number of nitrogen functional groups attached to an aromatic ring is 1. The number of rotatable bonds is 2. The van der Waals surface area contributed by atoms with Gasteiger partial charge in [0.05, 0.1) is 16.9 Å². The van der Waals surface area contributed by atoms with Gasteiger partial charge in [0.1, 0.15) is 11.3 Å². The first kappa shape index (κ1) is 12.2. The number of fused-ring (bicyclic) bond motifs is 2. The van der Waals surface area contributed by atoms with E-state index in [9.17, 15) is 0 Å². The fraction of sp³-hybridized carbons (Fsp3) is 0. The Bertz CT molecular complexity index is 1130. The van der Waals surface area contributed by atoms with Crippen LogP contribution in [0.1, 0.15) is 5.82 Å². The van der Waals surface area contributed by atoms with E-state index in [-0.39, 0.29) is 0 Å². The summed E-state index contributed by atoms with van der Waals surface area (Å²) in [7, 11) is 0. The van der Waals surface area contributed by atoms with Crippen LogP contribution in [0.4, 0.5) is 5.69 Å². The molecule has 1 aliphatic rings. The van der Waals surface area contributed by atoms with Gasteiger partial charge in [0, 0.05) is 17.3 Å². The molecule has 0 fully saturated rings. The molecule has 0 atom stereocenters. The standard InChI is InChI=1S/C18H12N4O/c19-13-5-2-8-22-17(13)16(21-18(22)11-3-1-4-11)12-6-7-15-14(9-12)20-10-23-15/h1-10H,19H2. The van der Waals surface area contributed by atoms with Crippen LogP contribution in [0, 0.1) is 0 Å². The quantitative estimate of drug-likeness (QED) is 0.613. The molecule has 5 nitrogen and oxygen atoms in total. The lowest BCUT2D eigenvalue weighted by Crippen LogP contribution is -1.96. The molecule has 4 aromatic rings. The molecule has 0 bridgehead atoms. The van der Waals surface area contributed by atoms with E-state index in [4.69, 9.17) is 15.1 Å². The van der Waals surface area contributed by atoms with Crippen LogP contribution in [0.25, 0.3) is 33.4 Å². The molecule has 0 unspecified atom stereocenters. The summed E-state index contributed by atoms with van der Waals surface area (Å²) in [6.45, 7) is 0. The highest BCUT2D eigenvalue weighted by Gasteiger charge is 2.18. The number of anilines is 1. The first-order valence-corrected chi connectivity index (χ1v) is 7.30. The van der Waals surface area contributed by atoms with Gasteiger partial charge in [0.15, 0.2) is 12.0 Å². The predicted molar refractivity (Wildman–Crippen MR) is 89.7 cm³/mol. The van der Waals surface area contributed by atoms with Gasteiger partial charge in [-0.25, -0.2) is 9.97 Å². The van der Waals surface area contributed by atoms with Gasteiger partial charge in [-0.1, -0.05) is 18.2 Å².